The second-order valence-corrected chi connectivity index (χ2v) is 14.8. The first-order chi connectivity index (χ1) is 23.2. The third-order valence-electron chi connectivity index (χ3n) is 8.51. The molecule has 0 rings (SSSR count). The summed E-state index contributed by atoms with van der Waals surface area (Å²) in [6, 6.07) is 0. The van der Waals surface area contributed by atoms with Crippen molar-refractivity contribution < 1.29 is 47.8 Å². The summed E-state index contributed by atoms with van der Waals surface area (Å²) in [4.78, 5) is 34.8. The lowest BCUT2D eigenvalue weighted by Gasteiger charge is -2.20. The zero-order chi connectivity index (χ0) is 35.6. The molecule has 48 heavy (non-hydrogen) atoms. The van der Waals surface area contributed by atoms with Gasteiger partial charge in [0.25, 0.3) is 0 Å². The van der Waals surface area contributed by atoms with E-state index >= 15 is 0 Å². The van der Waals surface area contributed by atoms with Crippen LogP contribution in [0.15, 0.2) is 0 Å². The molecule has 0 saturated heterocycles. The van der Waals surface area contributed by atoms with E-state index in [0.29, 0.717) is 12.8 Å². The van der Waals surface area contributed by atoms with E-state index in [-0.39, 0.29) is 19.4 Å². The van der Waals surface area contributed by atoms with Crippen molar-refractivity contribution in [1.29, 1.82) is 0 Å². The molecule has 0 aromatic heterocycles. The number of phosphoric acid groups is 1. The number of hydrogen-bond acceptors (Lipinski definition) is 9. The van der Waals surface area contributed by atoms with Crippen molar-refractivity contribution in [1.82, 2.24) is 0 Å². The van der Waals surface area contributed by atoms with Crippen molar-refractivity contribution in [3.8, 4) is 0 Å². The molecule has 0 aliphatic carbocycles. The maximum Gasteiger partial charge on any atom is 0.472 e. The molecule has 0 spiro atoms. The molecule has 3 atom stereocenters. The van der Waals surface area contributed by atoms with Gasteiger partial charge in [-0.25, -0.2) is 4.57 Å². The van der Waals surface area contributed by atoms with E-state index in [1.165, 1.54) is 109 Å². The summed E-state index contributed by atoms with van der Waals surface area (Å²) < 4.78 is 32.6. The Labute approximate surface area is 293 Å². The number of unbranched alkanes of at least 4 members (excludes halogenated alkanes) is 23. The van der Waals surface area contributed by atoms with Crippen LogP contribution in [0.25, 0.3) is 0 Å². The van der Waals surface area contributed by atoms with Gasteiger partial charge >= 0.3 is 19.8 Å². The predicted molar refractivity (Wildman–Crippen MR) is 192 cm³/mol. The van der Waals surface area contributed by atoms with Gasteiger partial charge in [0.15, 0.2) is 6.10 Å². The van der Waals surface area contributed by atoms with Gasteiger partial charge in [0, 0.05) is 12.8 Å². The molecule has 11 heteroatoms. The van der Waals surface area contributed by atoms with Crippen LogP contribution in [-0.4, -0.2) is 65.7 Å². The number of aliphatic hydroxyl groups excluding tert-OH is 2. The Balaban J connectivity index is 4.31. The first-order valence-corrected chi connectivity index (χ1v) is 21.0. The molecule has 0 aliphatic rings. The highest BCUT2D eigenvalue weighted by Crippen LogP contribution is 2.43. The highest BCUT2D eigenvalue weighted by atomic mass is 31.2. The maximum atomic E-state index is 12.5. The Morgan fingerprint density at radius 2 is 0.896 bits per heavy atom. The van der Waals surface area contributed by atoms with Gasteiger partial charge in [-0.3, -0.25) is 18.6 Å². The minimum atomic E-state index is -4.60. The Morgan fingerprint density at radius 3 is 1.29 bits per heavy atom. The molecule has 0 bridgehead atoms. The maximum absolute atomic E-state index is 12.5. The fourth-order valence-corrected chi connectivity index (χ4v) is 6.25. The summed E-state index contributed by atoms with van der Waals surface area (Å²) in [5.41, 5.74) is 0. The smallest absolute Gasteiger partial charge is 0.462 e. The number of carbonyl (C=O) groups excluding carboxylic acids is 2. The van der Waals surface area contributed by atoms with Crippen molar-refractivity contribution >= 4 is 19.8 Å². The summed E-state index contributed by atoms with van der Waals surface area (Å²) in [5, 5.41) is 18.3. The SMILES string of the molecule is CCCCCCCCCCCCCCCCCC(=O)O[C@H](COC(=O)CCCCCCCCCCCC)COP(=O)(O)OC[C@@H](O)CO. The van der Waals surface area contributed by atoms with E-state index in [2.05, 4.69) is 18.4 Å². The van der Waals surface area contributed by atoms with Crippen LogP contribution in [0.5, 0.6) is 0 Å². The van der Waals surface area contributed by atoms with Crippen LogP contribution < -0.4 is 0 Å². The highest BCUT2D eigenvalue weighted by Gasteiger charge is 2.27. The molecule has 0 aromatic rings. The molecule has 0 aromatic carbocycles. The summed E-state index contributed by atoms with van der Waals surface area (Å²) >= 11 is 0. The monoisotopic (exact) mass is 708 g/mol. The van der Waals surface area contributed by atoms with Gasteiger partial charge < -0.3 is 24.6 Å². The number of rotatable bonds is 37. The summed E-state index contributed by atoms with van der Waals surface area (Å²) in [6.07, 6.45) is 27.9. The van der Waals surface area contributed by atoms with Crippen LogP contribution in [0, 0.1) is 0 Å². The van der Waals surface area contributed by atoms with Gasteiger partial charge in [0.05, 0.1) is 19.8 Å². The minimum Gasteiger partial charge on any atom is -0.462 e. The van der Waals surface area contributed by atoms with Gasteiger partial charge in [-0.2, -0.15) is 0 Å². The molecule has 0 saturated carbocycles. The number of esters is 2. The molecule has 0 heterocycles. The van der Waals surface area contributed by atoms with Crippen LogP contribution >= 0.6 is 7.82 Å². The van der Waals surface area contributed by atoms with Crippen LogP contribution in [0.2, 0.25) is 0 Å². The van der Waals surface area contributed by atoms with Crippen molar-refractivity contribution in [2.45, 2.75) is 199 Å². The Hall–Kier alpha value is -1.03. The predicted octanol–water partition coefficient (Wildman–Crippen LogP) is 9.50. The molecule has 0 radical (unpaired) electrons. The van der Waals surface area contributed by atoms with E-state index < -0.39 is 51.8 Å². The number of carbonyl (C=O) groups is 2. The Bertz CT molecular complexity index is 781. The fraction of sp³-hybridized carbons (Fsp3) is 0.946. The molecule has 1 unspecified atom stereocenters. The van der Waals surface area contributed by atoms with E-state index in [1.54, 1.807) is 0 Å². The zero-order valence-electron chi connectivity index (χ0n) is 30.7. The van der Waals surface area contributed by atoms with Gasteiger partial charge in [-0.05, 0) is 12.8 Å². The largest absolute Gasteiger partial charge is 0.472 e. The zero-order valence-corrected chi connectivity index (χ0v) is 31.6. The Morgan fingerprint density at radius 1 is 0.542 bits per heavy atom. The summed E-state index contributed by atoms with van der Waals surface area (Å²) in [6.45, 7) is 2.38. The molecular formula is C37H73O10P. The molecular weight excluding hydrogens is 635 g/mol. The third-order valence-corrected chi connectivity index (χ3v) is 9.46. The highest BCUT2D eigenvalue weighted by molar-refractivity contribution is 7.47. The summed E-state index contributed by atoms with van der Waals surface area (Å²) in [7, 11) is -4.60. The third kappa shape index (κ3) is 33.5. The van der Waals surface area contributed by atoms with E-state index in [1.807, 2.05) is 0 Å². The lowest BCUT2D eigenvalue weighted by molar-refractivity contribution is -0.161. The van der Waals surface area contributed by atoms with E-state index in [9.17, 15) is 24.2 Å². The molecule has 10 nitrogen and oxygen atoms in total. The normalized spacial score (nSPS) is 14.0. The van der Waals surface area contributed by atoms with E-state index in [0.717, 1.165) is 38.5 Å². The van der Waals surface area contributed by atoms with Crippen molar-refractivity contribution in [2.75, 3.05) is 26.4 Å². The number of aliphatic hydroxyl groups is 2. The Kier molecular flexibility index (Phi) is 33.7. The van der Waals surface area contributed by atoms with Gasteiger partial charge in [0.2, 0.25) is 0 Å². The minimum absolute atomic E-state index is 0.192. The van der Waals surface area contributed by atoms with Gasteiger partial charge in [0.1, 0.15) is 12.7 Å². The standard InChI is InChI=1S/C37H73O10P/c1-3-5-7-9-11-13-15-16-17-18-19-21-23-25-27-29-37(41)47-35(33-46-48(42,43)45-31-34(39)30-38)32-44-36(40)28-26-24-22-20-14-12-10-8-6-4-2/h34-35,38-39H,3-33H2,1-2H3,(H,42,43)/t34-,35+/m0/s1. The van der Waals surface area contributed by atoms with Crippen LogP contribution in [0.4, 0.5) is 0 Å². The van der Waals surface area contributed by atoms with Crippen LogP contribution in [0.1, 0.15) is 187 Å². The number of ether oxygens (including phenoxy) is 2. The molecule has 0 amide bonds. The van der Waals surface area contributed by atoms with Crippen molar-refractivity contribution in [3.05, 3.63) is 0 Å². The number of hydrogen-bond donors (Lipinski definition) is 3. The first-order valence-electron chi connectivity index (χ1n) is 19.5. The molecule has 0 aliphatic heterocycles. The van der Waals surface area contributed by atoms with Gasteiger partial charge in [-0.15, -0.1) is 0 Å². The van der Waals surface area contributed by atoms with Crippen LogP contribution in [0.3, 0.4) is 0 Å². The number of phosphoric ester groups is 1. The average molecular weight is 709 g/mol. The molecule has 0 fully saturated rings. The molecule has 286 valence electrons. The lowest BCUT2D eigenvalue weighted by Crippen LogP contribution is -2.29. The first kappa shape index (κ1) is 47.0. The van der Waals surface area contributed by atoms with Gasteiger partial charge in [-0.1, -0.05) is 162 Å². The second kappa shape index (κ2) is 34.4. The molecule has 3 N–H and O–H groups in total. The van der Waals surface area contributed by atoms with E-state index in [4.69, 9.17) is 19.1 Å². The van der Waals surface area contributed by atoms with Crippen molar-refractivity contribution in [2.24, 2.45) is 0 Å². The van der Waals surface area contributed by atoms with Crippen molar-refractivity contribution in [3.63, 3.8) is 0 Å². The topological polar surface area (TPSA) is 149 Å². The summed E-state index contributed by atoms with van der Waals surface area (Å²) in [5.74, 6) is -0.916. The fourth-order valence-electron chi connectivity index (χ4n) is 5.46. The second-order valence-electron chi connectivity index (χ2n) is 13.3. The average Bonchev–Trinajstić information content (AvgIpc) is 3.07. The van der Waals surface area contributed by atoms with Crippen LogP contribution in [-0.2, 0) is 32.7 Å². The quantitative estimate of drug-likeness (QED) is 0.0324. The lowest BCUT2D eigenvalue weighted by atomic mass is 10.0.